The highest BCUT2D eigenvalue weighted by atomic mass is 32.1. The average molecular weight is 279 g/mol. The molecule has 2 aliphatic rings. The molecule has 1 aromatic rings. The number of hydrogen-bond acceptors (Lipinski definition) is 4. The number of nitrogens with zero attached hydrogens (tertiary/aromatic N) is 2. The van der Waals surface area contributed by atoms with Crippen LogP contribution in [0.25, 0.3) is 0 Å². The SMILES string of the molecule is CN1CCCCC1CN1C(=O)CNC1c1ccsc1. The van der Waals surface area contributed by atoms with E-state index in [0.717, 1.165) is 13.1 Å². The molecule has 0 spiro atoms. The Hall–Kier alpha value is -0.910. The van der Waals surface area contributed by atoms with E-state index in [9.17, 15) is 4.79 Å². The quantitative estimate of drug-likeness (QED) is 0.914. The second-order valence-electron chi connectivity index (χ2n) is 5.52. The number of thiophene rings is 1. The number of nitrogens with one attached hydrogen (secondary N) is 1. The van der Waals surface area contributed by atoms with Crippen molar-refractivity contribution in [3.63, 3.8) is 0 Å². The minimum absolute atomic E-state index is 0.0778. The molecule has 2 fully saturated rings. The molecular weight excluding hydrogens is 258 g/mol. The van der Waals surface area contributed by atoms with Crippen molar-refractivity contribution in [2.75, 3.05) is 26.7 Å². The molecule has 2 saturated heterocycles. The molecule has 1 N–H and O–H groups in total. The van der Waals surface area contributed by atoms with Gasteiger partial charge in [-0.15, -0.1) is 0 Å². The lowest BCUT2D eigenvalue weighted by molar-refractivity contribution is -0.129. The van der Waals surface area contributed by atoms with E-state index in [4.69, 9.17) is 0 Å². The van der Waals surface area contributed by atoms with Gasteiger partial charge in [0.2, 0.25) is 5.91 Å². The third-order valence-corrected chi connectivity index (χ3v) is 4.97. The van der Waals surface area contributed by atoms with Crippen molar-refractivity contribution >= 4 is 17.2 Å². The molecule has 5 heteroatoms. The van der Waals surface area contributed by atoms with Crippen molar-refractivity contribution < 1.29 is 4.79 Å². The zero-order valence-electron chi connectivity index (χ0n) is 11.3. The smallest absolute Gasteiger partial charge is 0.238 e. The molecule has 0 saturated carbocycles. The van der Waals surface area contributed by atoms with Crippen molar-refractivity contribution in [2.24, 2.45) is 0 Å². The van der Waals surface area contributed by atoms with Gasteiger partial charge in [-0.05, 0) is 48.8 Å². The first-order valence-corrected chi connectivity index (χ1v) is 7.95. The van der Waals surface area contributed by atoms with Crippen LogP contribution in [0.5, 0.6) is 0 Å². The number of carbonyl (C=O) groups is 1. The van der Waals surface area contributed by atoms with Gasteiger partial charge in [-0.2, -0.15) is 11.3 Å². The lowest BCUT2D eigenvalue weighted by atomic mass is 10.0. The third-order valence-electron chi connectivity index (χ3n) is 4.27. The summed E-state index contributed by atoms with van der Waals surface area (Å²) in [6.07, 6.45) is 3.85. The number of hydrogen-bond donors (Lipinski definition) is 1. The van der Waals surface area contributed by atoms with Crippen LogP contribution in [-0.2, 0) is 4.79 Å². The molecule has 2 aliphatic heterocycles. The van der Waals surface area contributed by atoms with Gasteiger partial charge in [0.15, 0.2) is 0 Å². The van der Waals surface area contributed by atoms with E-state index in [1.807, 2.05) is 4.90 Å². The molecule has 19 heavy (non-hydrogen) atoms. The normalized spacial score (nSPS) is 29.1. The van der Waals surface area contributed by atoms with E-state index in [1.165, 1.54) is 24.8 Å². The topological polar surface area (TPSA) is 35.6 Å². The maximum atomic E-state index is 12.1. The Morgan fingerprint density at radius 1 is 1.47 bits per heavy atom. The molecule has 2 unspecified atom stereocenters. The summed E-state index contributed by atoms with van der Waals surface area (Å²) in [5.41, 5.74) is 1.22. The van der Waals surface area contributed by atoms with Crippen LogP contribution >= 0.6 is 11.3 Å². The van der Waals surface area contributed by atoms with Crippen LogP contribution in [0.2, 0.25) is 0 Å². The molecule has 0 bridgehead atoms. The summed E-state index contributed by atoms with van der Waals surface area (Å²) < 4.78 is 0. The summed E-state index contributed by atoms with van der Waals surface area (Å²) in [5, 5.41) is 7.53. The summed E-state index contributed by atoms with van der Waals surface area (Å²) in [6.45, 7) is 2.48. The fourth-order valence-corrected chi connectivity index (χ4v) is 3.76. The number of piperidine rings is 1. The number of likely N-dealkylation sites (N-methyl/N-ethyl adjacent to an activating group) is 1. The van der Waals surface area contributed by atoms with Gasteiger partial charge in [0.25, 0.3) is 0 Å². The molecule has 0 aromatic carbocycles. The van der Waals surface area contributed by atoms with Gasteiger partial charge in [-0.25, -0.2) is 0 Å². The minimum Gasteiger partial charge on any atom is -0.320 e. The molecule has 0 radical (unpaired) electrons. The molecule has 1 amide bonds. The Balaban J connectivity index is 1.72. The molecule has 4 nitrogen and oxygen atoms in total. The lowest BCUT2D eigenvalue weighted by Crippen LogP contribution is -2.46. The third kappa shape index (κ3) is 2.68. The highest BCUT2D eigenvalue weighted by molar-refractivity contribution is 7.07. The molecule has 3 rings (SSSR count). The van der Waals surface area contributed by atoms with E-state index < -0.39 is 0 Å². The summed E-state index contributed by atoms with van der Waals surface area (Å²) in [6, 6.07) is 2.62. The van der Waals surface area contributed by atoms with Crippen LogP contribution in [0.4, 0.5) is 0 Å². The molecule has 2 atom stereocenters. The Morgan fingerprint density at radius 3 is 3.11 bits per heavy atom. The standard InChI is InChI=1S/C14H21N3OS/c1-16-6-3-2-4-12(16)9-17-13(18)8-15-14(17)11-5-7-19-10-11/h5,7,10,12,14-15H,2-4,6,8-9H2,1H3. The highest BCUT2D eigenvalue weighted by Gasteiger charge is 2.34. The Kier molecular flexibility index (Phi) is 3.86. The Morgan fingerprint density at radius 2 is 2.37 bits per heavy atom. The highest BCUT2D eigenvalue weighted by Crippen LogP contribution is 2.26. The fraction of sp³-hybridized carbons (Fsp3) is 0.643. The number of rotatable bonds is 3. The summed E-state index contributed by atoms with van der Waals surface area (Å²) in [4.78, 5) is 16.5. The van der Waals surface area contributed by atoms with Crippen molar-refractivity contribution in [1.29, 1.82) is 0 Å². The van der Waals surface area contributed by atoms with E-state index in [-0.39, 0.29) is 12.1 Å². The fourth-order valence-electron chi connectivity index (χ4n) is 3.08. The van der Waals surface area contributed by atoms with E-state index in [0.29, 0.717) is 12.6 Å². The van der Waals surface area contributed by atoms with Crippen molar-refractivity contribution in [2.45, 2.75) is 31.5 Å². The molecule has 104 valence electrons. The molecule has 3 heterocycles. The van der Waals surface area contributed by atoms with Crippen LogP contribution in [0.3, 0.4) is 0 Å². The number of carbonyl (C=O) groups excluding carboxylic acids is 1. The van der Waals surface area contributed by atoms with Crippen molar-refractivity contribution in [1.82, 2.24) is 15.1 Å². The molecule has 1 aromatic heterocycles. The van der Waals surface area contributed by atoms with Gasteiger partial charge in [0.1, 0.15) is 6.17 Å². The van der Waals surface area contributed by atoms with Gasteiger partial charge < -0.3 is 9.80 Å². The van der Waals surface area contributed by atoms with E-state index in [1.54, 1.807) is 11.3 Å². The Labute approximate surface area is 118 Å². The Bertz CT molecular complexity index is 434. The van der Waals surface area contributed by atoms with Gasteiger partial charge in [0, 0.05) is 12.6 Å². The average Bonchev–Trinajstić information content (AvgIpc) is 3.03. The predicted molar refractivity (Wildman–Crippen MR) is 77.0 cm³/mol. The van der Waals surface area contributed by atoms with Crippen LogP contribution in [0.15, 0.2) is 16.8 Å². The zero-order valence-corrected chi connectivity index (χ0v) is 12.2. The van der Waals surface area contributed by atoms with Crippen LogP contribution in [0.1, 0.15) is 31.0 Å². The van der Waals surface area contributed by atoms with Crippen LogP contribution < -0.4 is 5.32 Å². The van der Waals surface area contributed by atoms with Gasteiger partial charge in [-0.3, -0.25) is 10.1 Å². The maximum Gasteiger partial charge on any atom is 0.238 e. The second kappa shape index (κ2) is 5.61. The maximum absolute atomic E-state index is 12.1. The van der Waals surface area contributed by atoms with Gasteiger partial charge in [0.05, 0.1) is 6.54 Å². The predicted octanol–water partition coefficient (Wildman–Crippen LogP) is 1.66. The summed E-state index contributed by atoms with van der Waals surface area (Å²) in [5.74, 6) is 0.232. The van der Waals surface area contributed by atoms with Crippen molar-refractivity contribution in [3.8, 4) is 0 Å². The van der Waals surface area contributed by atoms with E-state index in [2.05, 4.69) is 34.1 Å². The first-order chi connectivity index (χ1) is 9.25. The summed E-state index contributed by atoms with van der Waals surface area (Å²) in [7, 11) is 2.18. The molecule has 0 aliphatic carbocycles. The first-order valence-electron chi connectivity index (χ1n) is 7.01. The zero-order chi connectivity index (χ0) is 13.2. The minimum atomic E-state index is 0.0778. The summed E-state index contributed by atoms with van der Waals surface area (Å²) >= 11 is 1.69. The second-order valence-corrected chi connectivity index (χ2v) is 6.30. The number of amides is 1. The first kappa shape index (κ1) is 13.1. The van der Waals surface area contributed by atoms with Crippen LogP contribution in [-0.4, -0.2) is 48.4 Å². The lowest BCUT2D eigenvalue weighted by Gasteiger charge is -2.36. The van der Waals surface area contributed by atoms with Gasteiger partial charge >= 0.3 is 0 Å². The largest absolute Gasteiger partial charge is 0.320 e. The monoisotopic (exact) mass is 279 g/mol. The molecular formula is C14H21N3OS. The number of likely N-dealkylation sites (tertiary alicyclic amines) is 1. The van der Waals surface area contributed by atoms with Crippen molar-refractivity contribution in [3.05, 3.63) is 22.4 Å². The van der Waals surface area contributed by atoms with Crippen LogP contribution in [0, 0.1) is 0 Å². The van der Waals surface area contributed by atoms with Gasteiger partial charge in [-0.1, -0.05) is 6.42 Å². The van der Waals surface area contributed by atoms with E-state index >= 15 is 0 Å².